The van der Waals surface area contributed by atoms with Crippen LogP contribution < -0.4 is 5.73 Å². The molecule has 0 aliphatic carbocycles. The van der Waals surface area contributed by atoms with Gasteiger partial charge in [0.25, 0.3) is 5.69 Å². The fraction of sp³-hybridized carbons (Fsp3) is 0.308. The first-order valence-electron chi connectivity index (χ1n) is 6.01. The van der Waals surface area contributed by atoms with Crippen molar-refractivity contribution in [2.24, 2.45) is 5.73 Å². The van der Waals surface area contributed by atoms with Gasteiger partial charge in [-0.2, -0.15) is 0 Å². The Morgan fingerprint density at radius 1 is 1.42 bits per heavy atom. The van der Waals surface area contributed by atoms with Crippen LogP contribution in [0.3, 0.4) is 0 Å². The number of nitro benzene ring substituents is 1. The van der Waals surface area contributed by atoms with Crippen molar-refractivity contribution in [3.8, 4) is 11.3 Å². The summed E-state index contributed by atoms with van der Waals surface area (Å²) in [7, 11) is 0. The van der Waals surface area contributed by atoms with E-state index in [2.05, 4.69) is 4.98 Å². The summed E-state index contributed by atoms with van der Waals surface area (Å²) in [4.78, 5) is 14.6. The van der Waals surface area contributed by atoms with Crippen LogP contribution in [-0.4, -0.2) is 16.5 Å². The minimum Gasteiger partial charge on any atom is -0.441 e. The van der Waals surface area contributed by atoms with Gasteiger partial charge in [-0.25, -0.2) is 4.98 Å². The van der Waals surface area contributed by atoms with E-state index >= 15 is 0 Å². The molecule has 19 heavy (non-hydrogen) atoms. The molecule has 0 unspecified atom stereocenters. The lowest BCUT2D eigenvalue weighted by atomic mass is 10.1. The van der Waals surface area contributed by atoms with Crippen LogP contribution in [0.1, 0.15) is 17.9 Å². The largest absolute Gasteiger partial charge is 0.441 e. The van der Waals surface area contributed by atoms with Crippen molar-refractivity contribution in [3.05, 3.63) is 46.0 Å². The van der Waals surface area contributed by atoms with Crippen LogP contribution in [0, 0.1) is 17.0 Å². The minimum absolute atomic E-state index is 0.0508. The number of benzene rings is 1. The molecule has 1 heterocycles. The molecule has 0 aliphatic heterocycles. The molecule has 2 rings (SSSR count). The lowest BCUT2D eigenvalue weighted by Crippen LogP contribution is -2.00. The molecule has 6 heteroatoms. The maximum Gasteiger partial charge on any atom is 0.270 e. The minimum atomic E-state index is -0.414. The van der Waals surface area contributed by atoms with Crippen LogP contribution in [-0.2, 0) is 6.42 Å². The number of nitrogens with zero attached hydrogens (tertiary/aromatic N) is 2. The summed E-state index contributed by atoms with van der Waals surface area (Å²) >= 11 is 0. The van der Waals surface area contributed by atoms with Crippen LogP contribution in [0.2, 0.25) is 0 Å². The zero-order valence-corrected chi connectivity index (χ0v) is 10.6. The van der Waals surface area contributed by atoms with Gasteiger partial charge in [-0.3, -0.25) is 10.1 Å². The third-order valence-corrected chi connectivity index (χ3v) is 2.71. The van der Waals surface area contributed by atoms with Gasteiger partial charge >= 0.3 is 0 Å². The lowest BCUT2D eigenvalue weighted by molar-refractivity contribution is -0.384. The van der Waals surface area contributed by atoms with Gasteiger partial charge in [-0.05, 0) is 31.5 Å². The zero-order valence-electron chi connectivity index (χ0n) is 10.6. The number of rotatable bonds is 5. The van der Waals surface area contributed by atoms with Crippen molar-refractivity contribution in [1.82, 2.24) is 4.98 Å². The van der Waals surface area contributed by atoms with E-state index < -0.39 is 4.92 Å². The van der Waals surface area contributed by atoms with E-state index in [0.29, 0.717) is 30.2 Å². The SMILES string of the molecule is Cc1cc(-c2cnc(CCCN)o2)cc([N+](=O)[O-])c1. The van der Waals surface area contributed by atoms with Crippen molar-refractivity contribution >= 4 is 5.69 Å². The fourth-order valence-corrected chi connectivity index (χ4v) is 1.82. The van der Waals surface area contributed by atoms with Crippen molar-refractivity contribution in [2.45, 2.75) is 19.8 Å². The third-order valence-electron chi connectivity index (χ3n) is 2.71. The van der Waals surface area contributed by atoms with Gasteiger partial charge in [0.05, 0.1) is 11.1 Å². The number of aromatic nitrogens is 1. The van der Waals surface area contributed by atoms with Gasteiger partial charge in [-0.15, -0.1) is 0 Å². The molecule has 2 aromatic rings. The Kier molecular flexibility index (Phi) is 3.91. The third kappa shape index (κ3) is 3.17. The van der Waals surface area contributed by atoms with Crippen LogP contribution in [0.4, 0.5) is 5.69 Å². The van der Waals surface area contributed by atoms with Crippen LogP contribution in [0.25, 0.3) is 11.3 Å². The van der Waals surface area contributed by atoms with Crippen molar-refractivity contribution in [1.29, 1.82) is 0 Å². The van der Waals surface area contributed by atoms with Crippen molar-refractivity contribution in [3.63, 3.8) is 0 Å². The number of nitro groups is 1. The molecule has 0 spiro atoms. The van der Waals surface area contributed by atoms with Crippen LogP contribution >= 0.6 is 0 Å². The molecule has 0 bridgehead atoms. The molecule has 0 fully saturated rings. The molecule has 0 radical (unpaired) electrons. The molecular weight excluding hydrogens is 246 g/mol. The second-order valence-electron chi connectivity index (χ2n) is 4.32. The molecule has 1 aromatic heterocycles. The van der Waals surface area contributed by atoms with Gasteiger partial charge in [0.2, 0.25) is 0 Å². The Labute approximate surface area is 110 Å². The summed E-state index contributed by atoms with van der Waals surface area (Å²) < 4.78 is 5.57. The summed E-state index contributed by atoms with van der Waals surface area (Å²) in [5.41, 5.74) is 6.95. The second kappa shape index (κ2) is 5.62. The van der Waals surface area contributed by atoms with Crippen molar-refractivity contribution in [2.75, 3.05) is 6.54 Å². The van der Waals surface area contributed by atoms with Gasteiger partial charge < -0.3 is 10.2 Å². The first kappa shape index (κ1) is 13.2. The molecule has 0 atom stereocenters. The molecule has 100 valence electrons. The number of hydrogen-bond donors (Lipinski definition) is 1. The first-order valence-corrected chi connectivity index (χ1v) is 6.01. The Bertz CT molecular complexity index is 593. The summed E-state index contributed by atoms with van der Waals surface area (Å²) in [6, 6.07) is 4.84. The van der Waals surface area contributed by atoms with Gasteiger partial charge in [-0.1, -0.05) is 0 Å². The van der Waals surface area contributed by atoms with E-state index in [9.17, 15) is 10.1 Å². The molecule has 1 aromatic carbocycles. The number of oxazole rings is 1. The Morgan fingerprint density at radius 3 is 2.89 bits per heavy atom. The highest BCUT2D eigenvalue weighted by atomic mass is 16.6. The molecule has 0 aliphatic rings. The van der Waals surface area contributed by atoms with E-state index in [1.807, 2.05) is 13.0 Å². The van der Waals surface area contributed by atoms with E-state index in [0.717, 1.165) is 12.0 Å². The standard InChI is InChI=1S/C13H15N3O3/c1-9-5-10(7-11(6-9)16(17)18)12-8-15-13(19-12)3-2-4-14/h5-8H,2-4,14H2,1H3. The number of non-ortho nitro benzene ring substituents is 1. The van der Waals surface area contributed by atoms with Crippen molar-refractivity contribution < 1.29 is 9.34 Å². The average Bonchev–Trinajstić information content (AvgIpc) is 2.84. The van der Waals surface area contributed by atoms with Gasteiger partial charge in [0, 0.05) is 24.1 Å². The van der Waals surface area contributed by atoms with Crippen LogP contribution in [0.15, 0.2) is 28.8 Å². The highest BCUT2D eigenvalue weighted by Crippen LogP contribution is 2.26. The summed E-state index contributed by atoms with van der Waals surface area (Å²) in [6.45, 7) is 2.38. The Hall–Kier alpha value is -2.21. The quantitative estimate of drug-likeness (QED) is 0.658. The van der Waals surface area contributed by atoms with E-state index in [1.54, 1.807) is 6.20 Å². The summed E-state index contributed by atoms with van der Waals surface area (Å²) in [6.07, 6.45) is 3.06. The maximum absolute atomic E-state index is 10.8. The van der Waals surface area contributed by atoms with Crippen LogP contribution in [0.5, 0.6) is 0 Å². The average molecular weight is 261 g/mol. The summed E-state index contributed by atoms with van der Waals surface area (Å²) in [5, 5.41) is 10.8. The molecule has 0 amide bonds. The zero-order chi connectivity index (χ0) is 13.8. The lowest BCUT2D eigenvalue weighted by Gasteiger charge is -1.99. The molecule has 6 nitrogen and oxygen atoms in total. The molecule has 0 saturated carbocycles. The highest BCUT2D eigenvalue weighted by Gasteiger charge is 2.12. The van der Waals surface area contributed by atoms with E-state index in [-0.39, 0.29) is 5.69 Å². The molecule has 0 saturated heterocycles. The molecular formula is C13H15N3O3. The Morgan fingerprint density at radius 2 is 2.21 bits per heavy atom. The number of hydrogen-bond acceptors (Lipinski definition) is 5. The monoisotopic (exact) mass is 261 g/mol. The number of nitrogens with two attached hydrogens (primary N) is 1. The topological polar surface area (TPSA) is 95.2 Å². The highest BCUT2D eigenvalue weighted by molar-refractivity contribution is 5.61. The maximum atomic E-state index is 10.8. The van der Waals surface area contributed by atoms with E-state index in [1.165, 1.54) is 12.1 Å². The Balaban J connectivity index is 2.30. The predicted molar refractivity (Wildman–Crippen MR) is 70.7 cm³/mol. The van der Waals surface area contributed by atoms with E-state index in [4.69, 9.17) is 10.2 Å². The fourth-order valence-electron chi connectivity index (χ4n) is 1.82. The second-order valence-corrected chi connectivity index (χ2v) is 4.32. The summed E-state index contributed by atoms with van der Waals surface area (Å²) in [5.74, 6) is 1.14. The number of aryl methyl sites for hydroxylation is 2. The smallest absolute Gasteiger partial charge is 0.270 e. The van der Waals surface area contributed by atoms with Gasteiger partial charge in [0.1, 0.15) is 0 Å². The predicted octanol–water partition coefficient (Wildman–Crippen LogP) is 2.45. The van der Waals surface area contributed by atoms with Gasteiger partial charge in [0.15, 0.2) is 11.7 Å². The normalized spacial score (nSPS) is 10.6. The first-order chi connectivity index (χ1) is 9.10. The molecule has 2 N–H and O–H groups in total.